The van der Waals surface area contributed by atoms with E-state index in [1.807, 2.05) is 14.1 Å². The monoisotopic (exact) mass is 378 g/mol. The second kappa shape index (κ2) is 6.32. The van der Waals surface area contributed by atoms with Crippen molar-refractivity contribution in [2.75, 3.05) is 20.6 Å². The van der Waals surface area contributed by atoms with Crippen LogP contribution in [0.5, 0.6) is 0 Å². The molecule has 0 bridgehead atoms. The molecule has 1 saturated carbocycles. The minimum Gasteiger partial charge on any atom is -0.302 e. The van der Waals surface area contributed by atoms with Crippen LogP contribution in [0.3, 0.4) is 0 Å². The third-order valence-corrected chi connectivity index (χ3v) is 6.19. The number of likely N-dealkylation sites (N-methyl/N-ethyl adjacent to an activating group) is 1. The van der Waals surface area contributed by atoms with Crippen molar-refractivity contribution < 1.29 is 12.8 Å². The minimum atomic E-state index is -3.84. The molecule has 7 heteroatoms. The summed E-state index contributed by atoms with van der Waals surface area (Å²) in [7, 11) is 0.0770. The molecule has 1 aliphatic rings. The zero-order chi connectivity index (χ0) is 15.7. The average molecular weight is 379 g/mol. The summed E-state index contributed by atoms with van der Waals surface area (Å²) in [5.41, 5.74) is -0.168. The topological polar surface area (TPSA) is 49.4 Å². The lowest BCUT2D eigenvalue weighted by Crippen LogP contribution is -2.50. The van der Waals surface area contributed by atoms with Crippen molar-refractivity contribution in [2.24, 2.45) is 0 Å². The van der Waals surface area contributed by atoms with Crippen molar-refractivity contribution in [1.82, 2.24) is 9.62 Å². The summed E-state index contributed by atoms with van der Waals surface area (Å²) in [4.78, 5) is 1.76. The van der Waals surface area contributed by atoms with E-state index in [0.717, 1.165) is 31.7 Å². The molecule has 0 saturated heterocycles. The lowest BCUT2D eigenvalue weighted by molar-refractivity contribution is 0.162. The summed E-state index contributed by atoms with van der Waals surface area (Å²) in [6, 6.07) is 3.96. The van der Waals surface area contributed by atoms with Gasteiger partial charge in [0.2, 0.25) is 10.0 Å². The van der Waals surface area contributed by atoms with Crippen LogP contribution in [0.25, 0.3) is 0 Å². The van der Waals surface area contributed by atoms with Crippen LogP contribution in [0, 0.1) is 5.82 Å². The van der Waals surface area contributed by atoms with Gasteiger partial charge in [0.05, 0.1) is 0 Å². The molecular formula is C14H20BrFN2O2S. The Labute approximate surface area is 133 Å². The zero-order valence-corrected chi connectivity index (χ0v) is 14.6. The Bertz CT molecular complexity index is 613. The van der Waals surface area contributed by atoms with Gasteiger partial charge in [0.25, 0.3) is 0 Å². The Hall–Kier alpha value is -0.500. The van der Waals surface area contributed by atoms with Gasteiger partial charge in [-0.25, -0.2) is 17.5 Å². The molecule has 0 heterocycles. The molecule has 0 unspecified atom stereocenters. The Kier molecular flexibility index (Phi) is 5.07. The summed E-state index contributed by atoms with van der Waals surface area (Å²) in [6.45, 7) is 0.303. The zero-order valence-electron chi connectivity index (χ0n) is 12.2. The number of benzene rings is 1. The largest absolute Gasteiger partial charge is 0.302 e. The van der Waals surface area contributed by atoms with Crippen molar-refractivity contribution in [1.29, 1.82) is 0 Å². The van der Waals surface area contributed by atoms with Gasteiger partial charge in [0.1, 0.15) is 10.7 Å². The van der Waals surface area contributed by atoms with E-state index in [4.69, 9.17) is 0 Å². The van der Waals surface area contributed by atoms with E-state index in [2.05, 4.69) is 25.6 Å². The van der Waals surface area contributed by atoms with Crippen LogP contribution in [0.2, 0.25) is 0 Å². The van der Waals surface area contributed by atoms with Gasteiger partial charge >= 0.3 is 0 Å². The van der Waals surface area contributed by atoms with Crippen LogP contribution in [-0.4, -0.2) is 39.5 Å². The lowest BCUT2D eigenvalue weighted by atomic mass is 9.97. The molecule has 0 spiro atoms. The highest BCUT2D eigenvalue weighted by atomic mass is 79.9. The molecule has 0 atom stereocenters. The van der Waals surface area contributed by atoms with Gasteiger partial charge in [-0.05, 0) is 45.1 Å². The number of nitrogens with one attached hydrogen (secondary N) is 1. The van der Waals surface area contributed by atoms with Gasteiger partial charge in [0.15, 0.2) is 0 Å². The maximum atomic E-state index is 13.8. The van der Waals surface area contributed by atoms with Crippen LogP contribution in [-0.2, 0) is 10.0 Å². The van der Waals surface area contributed by atoms with E-state index in [0.29, 0.717) is 11.0 Å². The first kappa shape index (κ1) is 16.9. The van der Waals surface area contributed by atoms with Crippen LogP contribution >= 0.6 is 15.9 Å². The van der Waals surface area contributed by atoms with Gasteiger partial charge in [0, 0.05) is 16.6 Å². The first-order chi connectivity index (χ1) is 9.77. The number of hydrogen-bond acceptors (Lipinski definition) is 3. The molecule has 0 aliphatic heterocycles. The molecule has 0 amide bonds. The normalized spacial score (nSPS) is 18.3. The quantitative estimate of drug-likeness (QED) is 0.856. The highest BCUT2D eigenvalue weighted by Crippen LogP contribution is 2.33. The summed E-state index contributed by atoms with van der Waals surface area (Å²) < 4.78 is 41.5. The SMILES string of the molecule is CN(C)C1(CNS(=O)(=O)c2ccc(Br)cc2F)CCCC1. The van der Waals surface area contributed by atoms with Crippen LogP contribution in [0.1, 0.15) is 25.7 Å². The second-order valence-electron chi connectivity index (χ2n) is 5.73. The molecular weight excluding hydrogens is 359 g/mol. The first-order valence-corrected chi connectivity index (χ1v) is 9.17. The Morgan fingerprint density at radius 2 is 1.95 bits per heavy atom. The van der Waals surface area contributed by atoms with E-state index in [-0.39, 0.29) is 10.4 Å². The Balaban J connectivity index is 2.18. The number of nitrogens with zero attached hydrogens (tertiary/aromatic N) is 1. The number of halogens is 2. The smallest absolute Gasteiger partial charge is 0.243 e. The highest BCUT2D eigenvalue weighted by Gasteiger charge is 2.37. The fourth-order valence-corrected chi connectivity index (χ4v) is 4.33. The fraction of sp³-hybridized carbons (Fsp3) is 0.571. The van der Waals surface area contributed by atoms with Crippen LogP contribution < -0.4 is 4.72 Å². The predicted molar refractivity (Wildman–Crippen MR) is 84.2 cm³/mol. The Morgan fingerprint density at radius 3 is 2.48 bits per heavy atom. The van der Waals surface area contributed by atoms with E-state index in [1.165, 1.54) is 12.1 Å². The summed E-state index contributed by atoms with van der Waals surface area (Å²) in [5, 5.41) is 0. The Morgan fingerprint density at radius 1 is 1.33 bits per heavy atom. The molecule has 1 aliphatic carbocycles. The molecule has 1 aromatic rings. The van der Waals surface area contributed by atoms with Crippen molar-refractivity contribution in [2.45, 2.75) is 36.1 Å². The standard InChI is InChI=1S/C14H20BrFN2O2S/c1-18(2)14(7-3-4-8-14)10-17-21(19,20)13-6-5-11(15)9-12(13)16/h5-6,9,17H,3-4,7-8,10H2,1-2H3. The molecule has 118 valence electrons. The fourth-order valence-electron chi connectivity index (χ4n) is 2.82. The predicted octanol–water partition coefficient (Wildman–Crippen LogP) is 2.74. The molecule has 1 fully saturated rings. The van der Waals surface area contributed by atoms with E-state index in [9.17, 15) is 12.8 Å². The van der Waals surface area contributed by atoms with Crippen molar-refractivity contribution in [3.63, 3.8) is 0 Å². The maximum Gasteiger partial charge on any atom is 0.243 e. The average Bonchev–Trinajstić information content (AvgIpc) is 2.86. The van der Waals surface area contributed by atoms with Crippen LogP contribution in [0.4, 0.5) is 4.39 Å². The van der Waals surface area contributed by atoms with Gasteiger partial charge in [-0.2, -0.15) is 0 Å². The van der Waals surface area contributed by atoms with E-state index >= 15 is 0 Å². The number of hydrogen-bond donors (Lipinski definition) is 1. The molecule has 1 aromatic carbocycles. The van der Waals surface area contributed by atoms with Gasteiger partial charge in [-0.1, -0.05) is 28.8 Å². The third kappa shape index (κ3) is 3.64. The minimum absolute atomic E-state index is 0.168. The van der Waals surface area contributed by atoms with Crippen molar-refractivity contribution >= 4 is 26.0 Å². The summed E-state index contributed by atoms with van der Waals surface area (Å²) in [6.07, 6.45) is 4.08. The van der Waals surface area contributed by atoms with Crippen molar-refractivity contribution in [3.8, 4) is 0 Å². The molecule has 4 nitrogen and oxygen atoms in total. The highest BCUT2D eigenvalue weighted by molar-refractivity contribution is 9.10. The van der Waals surface area contributed by atoms with Gasteiger partial charge < -0.3 is 4.90 Å². The van der Waals surface area contributed by atoms with Gasteiger partial charge in [-0.15, -0.1) is 0 Å². The summed E-state index contributed by atoms with van der Waals surface area (Å²) >= 11 is 3.12. The molecule has 0 aromatic heterocycles. The molecule has 1 N–H and O–H groups in total. The molecule has 21 heavy (non-hydrogen) atoms. The number of sulfonamides is 1. The summed E-state index contributed by atoms with van der Waals surface area (Å²) in [5.74, 6) is -0.748. The maximum absolute atomic E-state index is 13.8. The lowest BCUT2D eigenvalue weighted by Gasteiger charge is -2.36. The molecule has 0 radical (unpaired) electrons. The van der Waals surface area contributed by atoms with E-state index < -0.39 is 15.8 Å². The van der Waals surface area contributed by atoms with Gasteiger partial charge in [-0.3, -0.25) is 0 Å². The first-order valence-electron chi connectivity index (χ1n) is 6.89. The second-order valence-corrected chi connectivity index (χ2v) is 8.38. The molecule has 2 rings (SSSR count). The van der Waals surface area contributed by atoms with E-state index in [1.54, 1.807) is 0 Å². The van der Waals surface area contributed by atoms with Crippen molar-refractivity contribution in [3.05, 3.63) is 28.5 Å². The third-order valence-electron chi connectivity index (χ3n) is 4.26. The number of rotatable bonds is 5. The van der Waals surface area contributed by atoms with Crippen LogP contribution in [0.15, 0.2) is 27.6 Å².